The zero-order chi connectivity index (χ0) is 13.5. The molecule has 0 aromatic heterocycles. The third kappa shape index (κ3) is 4.21. The number of ether oxygens (including phenoxy) is 1. The Kier molecular flexibility index (Phi) is 5.38. The van der Waals surface area contributed by atoms with Crippen molar-refractivity contribution < 1.29 is 9.53 Å². The molecule has 0 aliphatic rings. The van der Waals surface area contributed by atoms with Crippen LogP contribution in [0.1, 0.15) is 42.9 Å². The van der Waals surface area contributed by atoms with Gasteiger partial charge in [-0.05, 0) is 56.9 Å². The van der Waals surface area contributed by atoms with Crippen LogP contribution in [-0.4, -0.2) is 12.4 Å². The first-order valence-electron chi connectivity index (χ1n) is 6.18. The van der Waals surface area contributed by atoms with Crippen LogP contribution in [0.25, 0.3) is 0 Å². The van der Waals surface area contributed by atoms with Crippen molar-refractivity contribution in [3.05, 3.63) is 28.8 Å². The minimum absolute atomic E-state index is 0.223. The fourth-order valence-electron chi connectivity index (χ4n) is 1.89. The van der Waals surface area contributed by atoms with E-state index in [0.717, 1.165) is 29.7 Å². The standard InChI is InChI=1S/C15H19NO2/c1-11-8-14(10-16)9-12(2)15(11)18-7-5-4-6-13(3)17/h8-9H,4-7H2,1-3H3. The molecule has 1 rings (SSSR count). The molecule has 18 heavy (non-hydrogen) atoms. The number of hydrogen-bond donors (Lipinski definition) is 0. The summed E-state index contributed by atoms with van der Waals surface area (Å²) in [5, 5.41) is 8.85. The van der Waals surface area contributed by atoms with Gasteiger partial charge in [-0.2, -0.15) is 5.26 Å². The molecule has 0 saturated carbocycles. The zero-order valence-electron chi connectivity index (χ0n) is 11.2. The van der Waals surface area contributed by atoms with Crippen molar-refractivity contribution in [2.24, 2.45) is 0 Å². The van der Waals surface area contributed by atoms with Gasteiger partial charge in [-0.15, -0.1) is 0 Å². The number of carbonyl (C=O) groups excluding carboxylic acids is 1. The normalized spacial score (nSPS) is 9.89. The van der Waals surface area contributed by atoms with E-state index in [-0.39, 0.29) is 5.78 Å². The van der Waals surface area contributed by atoms with Crippen molar-refractivity contribution in [3.63, 3.8) is 0 Å². The van der Waals surface area contributed by atoms with Gasteiger partial charge >= 0.3 is 0 Å². The van der Waals surface area contributed by atoms with Crippen molar-refractivity contribution in [3.8, 4) is 11.8 Å². The molecule has 0 aliphatic heterocycles. The van der Waals surface area contributed by atoms with E-state index in [1.165, 1.54) is 0 Å². The molecular weight excluding hydrogens is 226 g/mol. The highest BCUT2D eigenvalue weighted by Crippen LogP contribution is 2.24. The number of ketones is 1. The minimum atomic E-state index is 0.223. The fraction of sp³-hybridized carbons (Fsp3) is 0.467. The van der Waals surface area contributed by atoms with Crippen LogP contribution in [0.2, 0.25) is 0 Å². The van der Waals surface area contributed by atoms with E-state index in [9.17, 15) is 4.79 Å². The smallest absolute Gasteiger partial charge is 0.129 e. The minimum Gasteiger partial charge on any atom is -0.493 e. The predicted molar refractivity (Wildman–Crippen MR) is 70.7 cm³/mol. The van der Waals surface area contributed by atoms with Gasteiger partial charge < -0.3 is 9.53 Å². The van der Waals surface area contributed by atoms with Gasteiger partial charge in [0.15, 0.2) is 0 Å². The first-order valence-corrected chi connectivity index (χ1v) is 6.18. The van der Waals surface area contributed by atoms with Gasteiger partial charge in [-0.25, -0.2) is 0 Å². The lowest BCUT2D eigenvalue weighted by atomic mass is 10.1. The average Bonchev–Trinajstić information content (AvgIpc) is 2.31. The number of hydrogen-bond acceptors (Lipinski definition) is 3. The molecule has 0 saturated heterocycles. The Morgan fingerprint density at radius 1 is 1.28 bits per heavy atom. The largest absolute Gasteiger partial charge is 0.493 e. The van der Waals surface area contributed by atoms with E-state index >= 15 is 0 Å². The number of benzene rings is 1. The summed E-state index contributed by atoms with van der Waals surface area (Å²) in [6, 6.07) is 5.79. The first-order chi connectivity index (χ1) is 8.54. The van der Waals surface area contributed by atoms with Crippen LogP contribution in [0.3, 0.4) is 0 Å². The van der Waals surface area contributed by atoms with Gasteiger partial charge in [-0.3, -0.25) is 0 Å². The van der Waals surface area contributed by atoms with E-state index < -0.39 is 0 Å². The summed E-state index contributed by atoms with van der Waals surface area (Å²) in [5.41, 5.74) is 2.63. The van der Waals surface area contributed by atoms with Crippen LogP contribution in [0.15, 0.2) is 12.1 Å². The van der Waals surface area contributed by atoms with E-state index in [0.29, 0.717) is 18.6 Å². The molecule has 0 spiro atoms. The first kappa shape index (κ1) is 14.2. The van der Waals surface area contributed by atoms with Crippen molar-refractivity contribution in [1.29, 1.82) is 5.26 Å². The van der Waals surface area contributed by atoms with E-state index in [1.807, 2.05) is 26.0 Å². The molecule has 1 aromatic carbocycles. The van der Waals surface area contributed by atoms with Gasteiger partial charge in [0, 0.05) is 6.42 Å². The topological polar surface area (TPSA) is 50.1 Å². The highest BCUT2D eigenvalue weighted by atomic mass is 16.5. The summed E-state index contributed by atoms with van der Waals surface area (Å²) < 4.78 is 5.73. The van der Waals surface area contributed by atoms with Gasteiger partial charge in [0.05, 0.1) is 18.2 Å². The second-order valence-corrected chi connectivity index (χ2v) is 4.56. The molecule has 0 fully saturated rings. The van der Waals surface area contributed by atoms with Crippen LogP contribution < -0.4 is 4.74 Å². The molecule has 0 unspecified atom stereocenters. The molecule has 0 aliphatic carbocycles. The van der Waals surface area contributed by atoms with Crippen LogP contribution in [0.4, 0.5) is 0 Å². The molecule has 0 atom stereocenters. The SMILES string of the molecule is CC(=O)CCCCOc1c(C)cc(C#N)cc1C. The summed E-state index contributed by atoms with van der Waals surface area (Å²) in [6.45, 7) is 6.11. The van der Waals surface area contributed by atoms with Gasteiger partial charge in [0.2, 0.25) is 0 Å². The molecule has 3 nitrogen and oxygen atoms in total. The summed E-state index contributed by atoms with van der Waals surface area (Å²) in [4.78, 5) is 10.8. The molecule has 3 heteroatoms. The quantitative estimate of drug-likeness (QED) is 0.722. The lowest BCUT2D eigenvalue weighted by Gasteiger charge is -2.12. The number of aryl methyl sites for hydroxylation is 2. The Balaban J connectivity index is 2.53. The maximum atomic E-state index is 10.8. The number of nitrogens with zero attached hydrogens (tertiary/aromatic N) is 1. The van der Waals surface area contributed by atoms with E-state index in [4.69, 9.17) is 10.00 Å². The monoisotopic (exact) mass is 245 g/mol. The highest BCUT2D eigenvalue weighted by molar-refractivity contribution is 5.75. The third-order valence-electron chi connectivity index (χ3n) is 2.76. The maximum absolute atomic E-state index is 10.8. The summed E-state index contributed by atoms with van der Waals surface area (Å²) in [7, 11) is 0. The molecule has 0 N–H and O–H groups in total. The Labute approximate surface area is 108 Å². The number of unbranched alkanes of at least 4 members (excludes halogenated alkanes) is 1. The van der Waals surface area contributed by atoms with E-state index in [1.54, 1.807) is 6.92 Å². The summed E-state index contributed by atoms with van der Waals surface area (Å²) >= 11 is 0. The lowest BCUT2D eigenvalue weighted by Crippen LogP contribution is -2.02. The van der Waals surface area contributed by atoms with Crippen LogP contribution >= 0.6 is 0 Å². The molecule has 0 bridgehead atoms. The molecule has 0 amide bonds. The highest BCUT2D eigenvalue weighted by Gasteiger charge is 2.06. The maximum Gasteiger partial charge on any atom is 0.129 e. The van der Waals surface area contributed by atoms with Crippen LogP contribution in [-0.2, 0) is 4.79 Å². The van der Waals surface area contributed by atoms with Crippen molar-refractivity contribution >= 4 is 5.78 Å². The predicted octanol–water partition coefficient (Wildman–Crippen LogP) is 3.31. The number of nitriles is 1. The summed E-state index contributed by atoms with van der Waals surface area (Å²) in [5.74, 6) is 1.08. The van der Waals surface area contributed by atoms with Crippen LogP contribution in [0, 0.1) is 25.2 Å². The van der Waals surface area contributed by atoms with Crippen molar-refractivity contribution in [1.82, 2.24) is 0 Å². The molecular formula is C15H19NO2. The molecule has 0 heterocycles. The second-order valence-electron chi connectivity index (χ2n) is 4.56. The second kappa shape index (κ2) is 6.80. The molecule has 96 valence electrons. The lowest BCUT2D eigenvalue weighted by molar-refractivity contribution is -0.117. The van der Waals surface area contributed by atoms with Gasteiger partial charge in [0.1, 0.15) is 11.5 Å². The Morgan fingerprint density at radius 3 is 2.39 bits per heavy atom. The van der Waals surface area contributed by atoms with Crippen molar-refractivity contribution in [2.45, 2.75) is 40.0 Å². The Hall–Kier alpha value is -1.82. The zero-order valence-corrected chi connectivity index (χ0v) is 11.2. The third-order valence-corrected chi connectivity index (χ3v) is 2.76. The number of Topliss-reactive ketones (excluding diaryl/α,β-unsaturated/α-hetero) is 1. The van der Waals surface area contributed by atoms with Crippen LogP contribution in [0.5, 0.6) is 5.75 Å². The van der Waals surface area contributed by atoms with Gasteiger partial charge in [0.25, 0.3) is 0 Å². The number of carbonyl (C=O) groups is 1. The average molecular weight is 245 g/mol. The number of rotatable bonds is 6. The van der Waals surface area contributed by atoms with E-state index in [2.05, 4.69) is 6.07 Å². The van der Waals surface area contributed by atoms with Gasteiger partial charge in [-0.1, -0.05) is 0 Å². The fourth-order valence-corrected chi connectivity index (χ4v) is 1.89. The molecule has 0 radical (unpaired) electrons. The molecule has 1 aromatic rings. The van der Waals surface area contributed by atoms with Crippen molar-refractivity contribution in [2.75, 3.05) is 6.61 Å². The summed E-state index contributed by atoms with van der Waals surface area (Å²) in [6.07, 6.45) is 2.36. The Morgan fingerprint density at radius 2 is 1.89 bits per heavy atom. The Bertz CT molecular complexity index is 449.